The van der Waals surface area contributed by atoms with Gasteiger partial charge in [0.15, 0.2) is 5.92 Å². The fraction of sp³-hybridized carbons (Fsp3) is 0.350. The first-order valence-corrected chi connectivity index (χ1v) is 9.41. The third-order valence-electron chi connectivity index (χ3n) is 4.68. The lowest BCUT2D eigenvalue weighted by Gasteiger charge is -2.29. The molecule has 1 aromatic heterocycles. The molecule has 11 heteroatoms. The fourth-order valence-corrected chi connectivity index (χ4v) is 3.23. The van der Waals surface area contributed by atoms with E-state index in [0.717, 1.165) is 24.3 Å². The maximum Gasteiger partial charge on any atom is 0.329 e. The van der Waals surface area contributed by atoms with Crippen LogP contribution in [0.4, 0.5) is 20.2 Å². The van der Waals surface area contributed by atoms with Crippen LogP contribution in [-0.2, 0) is 14.3 Å². The van der Waals surface area contributed by atoms with Crippen LogP contribution in [0.2, 0.25) is 0 Å². The molecule has 1 aliphatic heterocycles. The first kappa shape index (κ1) is 22.0. The van der Waals surface area contributed by atoms with Gasteiger partial charge in [-0.25, -0.2) is 13.8 Å². The highest BCUT2D eigenvalue weighted by Crippen LogP contribution is 2.33. The monoisotopic (exact) mass is 432 g/mol. The number of carbonyl (C=O) groups is 1. The van der Waals surface area contributed by atoms with Gasteiger partial charge in [-0.15, -0.1) is 0 Å². The number of rotatable bonds is 6. The van der Waals surface area contributed by atoms with E-state index in [0.29, 0.717) is 32.0 Å². The van der Waals surface area contributed by atoms with Crippen LogP contribution in [0.1, 0.15) is 18.5 Å². The number of aromatic nitrogens is 1. The Morgan fingerprint density at radius 2 is 2.00 bits per heavy atom. The summed E-state index contributed by atoms with van der Waals surface area (Å²) in [6.07, 6.45) is 0. The minimum Gasteiger partial charge on any atom is -0.465 e. The highest BCUT2D eigenvalue weighted by molar-refractivity contribution is 5.82. The molecule has 0 aliphatic carbocycles. The lowest BCUT2D eigenvalue weighted by molar-refractivity contribution is -0.386. The van der Waals surface area contributed by atoms with E-state index in [1.165, 1.54) is 6.92 Å². The van der Waals surface area contributed by atoms with Crippen molar-refractivity contribution in [1.29, 1.82) is 5.26 Å². The van der Waals surface area contributed by atoms with E-state index in [-0.39, 0.29) is 12.3 Å². The Morgan fingerprint density at radius 3 is 2.55 bits per heavy atom. The molecule has 1 atom stereocenters. The van der Waals surface area contributed by atoms with E-state index >= 15 is 0 Å². The van der Waals surface area contributed by atoms with Crippen molar-refractivity contribution in [2.24, 2.45) is 0 Å². The molecule has 3 rings (SSSR count). The number of halogens is 2. The van der Waals surface area contributed by atoms with E-state index in [1.54, 1.807) is 11.0 Å². The third-order valence-corrected chi connectivity index (χ3v) is 4.68. The number of ether oxygens (including phenoxy) is 2. The molecule has 1 fully saturated rings. The molecule has 162 valence electrons. The van der Waals surface area contributed by atoms with Crippen molar-refractivity contribution < 1.29 is 28.0 Å². The summed E-state index contributed by atoms with van der Waals surface area (Å²) in [7, 11) is 0. The van der Waals surface area contributed by atoms with Crippen molar-refractivity contribution in [3.63, 3.8) is 0 Å². The average Bonchev–Trinajstić information content (AvgIpc) is 2.74. The number of esters is 1. The van der Waals surface area contributed by atoms with Crippen molar-refractivity contribution in [3.8, 4) is 17.3 Å². The van der Waals surface area contributed by atoms with Crippen LogP contribution >= 0.6 is 0 Å². The molecule has 1 aliphatic rings. The maximum absolute atomic E-state index is 14.9. The molecular formula is C20H18F2N4O5. The molecule has 2 heterocycles. The van der Waals surface area contributed by atoms with E-state index in [4.69, 9.17) is 9.47 Å². The van der Waals surface area contributed by atoms with Crippen LogP contribution in [0.25, 0.3) is 11.3 Å². The molecular weight excluding hydrogens is 414 g/mol. The fourth-order valence-electron chi connectivity index (χ4n) is 3.23. The summed E-state index contributed by atoms with van der Waals surface area (Å²) in [5.41, 5.74) is -1.65. The zero-order valence-corrected chi connectivity index (χ0v) is 16.5. The number of hydrogen-bond donors (Lipinski definition) is 0. The highest BCUT2D eigenvalue weighted by Gasteiger charge is 2.32. The number of hydrogen-bond acceptors (Lipinski definition) is 8. The molecule has 0 spiro atoms. The van der Waals surface area contributed by atoms with Gasteiger partial charge in [-0.05, 0) is 25.1 Å². The molecule has 2 aromatic rings. The number of nitriles is 1. The molecule has 31 heavy (non-hydrogen) atoms. The molecule has 9 nitrogen and oxygen atoms in total. The van der Waals surface area contributed by atoms with E-state index in [2.05, 4.69) is 4.98 Å². The van der Waals surface area contributed by atoms with Gasteiger partial charge in [-0.3, -0.25) is 14.9 Å². The molecule has 1 unspecified atom stereocenters. The summed E-state index contributed by atoms with van der Waals surface area (Å²) < 4.78 is 39.8. The average molecular weight is 432 g/mol. The smallest absolute Gasteiger partial charge is 0.329 e. The number of pyridine rings is 1. The second-order valence-electron chi connectivity index (χ2n) is 6.56. The van der Waals surface area contributed by atoms with Crippen molar-refractivity contribution in [1.82, 2.24) is 4.98 Å². The zero-order chi connectivity index (χ0) is 22.5. The van der Waals surface area contributed by atoms with Gasteiger partial charge in [0.25, 0.3) is 5.69 Å². The van der Waals surface area contributed by atoms with E-state index in [9.17, 15) is 29.0 Å². The second kappa shape index (κ2) is 9.44. The predicted molar refractivity (Wildman–Crippen MR) is 104 cm³/mol. The Kier molecular flexibility index (Phi) is 6.71. The van der Waals surface area contributed by atoms with Gasteiger partial charge in [0.1, 0.15) is 17.3 Å². The Hall–Kier alpha value is -3.65. The highest BCUT2D eigenvalue weighted by atomic mass is 19.1. The normalized spacial score (nSPS) is 14.6. The van der Waals surface area contributed by atoms with E-state index in [1.807, 2.05) is 0 Å². The third kappa shape index (κ3) is 4.59. The van der Waals surface area contributed by atoms with Crippen molar-refractivity contribution in [2.45, 2.75) is 12.8 Å². The van der Waals surface area contributed by atoms with Crippen LogP contribution in [0, 0.1) is 33.1 Å². The van der Waals surface area contributed by atoms with Gasteiger partial charge in [0.05, 0.1) is 42.1 Å². The minimum atomic E-state index is -1.72. The lowest BCUT2D eigenvalue weighted by atomic mass is 10.0. The summed E-state index contributed by atoms with van der Waals surface area (Å²) in [5.74, 6) is -4.63. The summed E-state index contributed by atoms with van der Waals surface area (Å²) >= 11 is 0. The Labute approximate surface area is 176 Å². The second-order valence-corrected chi connectivity index (χ2v) is 6.56. The van der Waals surface area contributed by atoms with Crippen LogP contribution in [0.3, 0.4) is 0 Å². The van der Waals surface area contributed by atoms with Crippen LogP contribution in [0.15, 0.2) is 24.3 Å². The van der Waals surface area contributed by atoms with Crippen molar-refractivity contribution in [2.75, 3.05) is 37.8 Å². The van der Waals surface area contributed by atoms with Gasteiger partial charge in [0.2, 0.25) is 0 Å². The number of morpholine rings is 1. The maximum atomic E-state index is 14.9. The number of nitrogens with zero attached hydrogens (tertiary/aromatic N) is 4. The zero-order valence-electron chi connectivity index (χ0n) is 16.5. The van der Waals surface area contributed by atoms with Gasteiger partial charge in [-0.1, -0.05) is 0 Å². The summed E-state index contributed by atoms with van der Waals surface area (Å²) in [6, 6.07) is 5.91. The van der Waals surface area contributed by atoms with Crippen molar-refractivity contribution in [3.05, 3.63) is 51.7 Å². The van der Waals surface area contributed by atoms with Crippen LogP contribution < -0.4 is 4.90 Å². The minimum absolute atomic E-state index is 0.0588. The molecule has 0 N–H and O–H groups in total. The molecule has 1 aromatic carbocycles. The Morgan fingerprint density at radius 1 is 1.35 bits per heavy atom. The summed E-state index contributed by atoms with van der Waals surface area (Å²) in [5, 5.41) is 20.7. The number of nitro groups is 1. The van der Waals surface area contributed by atoms with Crippen LogP contribution in [0.5, 0.6) is 0 Å². The standard InChI is InChI=1S/C20H18F2N4O5/c1-2-31-20(27)13(11-23)19-17(26(28)29)4-3-16(24-19)18-14(21)9-12(10-15(18)22)25-5-7-30-8-6-25/h3-4,9-10,13H,2,5-8H2,1H3. The predicted octanol–water partition coefficient (Wildman–Crippen LogP) is 2.94. The molecule has 0 amide bonds. The van der Waals surface area contributed by atoms with Gasteiger partial charge >= 0.3 is 5.97 Å². The molecule has 0 saturated carbocycles. The van der Waals surface area contributed by atoms with Gasteiger partial charge < -0.3 is 14.4 Å². The summed E-state index contributed by atoms with van der Waals surface area (Å²) in [6.45, 7) is 3.26. The molecule has 0 bridgehead atoms. The lowest BCUT2D eigenvalue weighted by Crippen LogP contribution is -2.36. The first-order valence-electron chi connectivity index (χ1n) is 9.41. The SMILES string of the molecule is CCOC(=O)C(C#N)c1nc(-c2c(F)cc(N3CCOCC3)cc2F)ccc1[N+](=O)[O-]. The van der Waals surface area contributed by atoms with Gasteiger partial charge in [-0.2, -0.15) is 5.26 Å². The Balaban J connectivity index is 2.08. The van der Waals surface area contributed by atoms with Crippen molar-refractivity contribution >= 4 is 17.3 Å². The quantitative estimate of drug-likeness (QED) is 0.388. The largest absolute Gasteiger partial charge is 0.465 e. The number of benzene rings is 1. The number of carbonyl (C=O) groups excluding carboxylic acids is 1. The van der Waals surface area contributed by atoms with E-state index < -0.39 is 45.4 Å². The molecule has 0 radical (unpaired) electrons. The molecule has 1 saturated heterocycles. The van der Waals surface area contributed by atoms with Gasteiger partial charge in [0, 0.05) is 24.8 Å². The summed E-state index contributed by atoms with van der Waals surface area (Å²) in [4.78, 5) is 28.3. The number of anilines is 1. The van der Waals surface area contributed by atoms with Crippen LogP contribution in [-0.4, -0.2) is 48.8 Å². The first-order chi connectivity index (χ1) is 14.9. The topological polar surface area (TPSA) is 119 Å². The Bertz CT molecular complexity index is 1030.